The van der Waals surface area contributed by atoms with Gasteiger partial charge in [0.15, 0.2) is 0 Å². The normalized spacial score (nSPS) is 12.8. The molecule has 4 aromatic rings. The first-order valence-electron chi connectivity index (χ1n) is 10.4. The summed E-state index contributed by atoms with van der Waals surface area (Å²) in [7, 11) is 0. The monoisotopic (exact) mass is 414 g/mol. The van der Waals surface area contributed by atoms with Crippen molar-refractivity contribution >= 4 is 22.5 Å². The molecule has 2 aromatic carbocycles. The molecule has 0 bridgehead atoms. The van der Waals surface area contributed by atoms with Gasteiger partial charge in [0.05, 0.1) is 11.2 Å². The summed E-state index contributed by atoms with van der Waals surface area (Å²) in [6, 6.07) is 23.2. The van der Waals surface area contributed by atoms with Crippen LogP contribution >= 0.6 is 11.6 Å². The van der Waals surface area contributed by atoms with Crippen LogP contribution in [0.3, 0.4) is 0 Å². The minimum absolute atomic E-state index is 0.311. The lowest BCUT2D eigenvalue weighted by Gasteiger charge is -2.23. The van der Waals surface area contributed by atoms with Crippen molar-refractivity contribution in [2.75, 3.05) is 0 Å². The standard InChI is InChI=1S/C27H27ClN2/c1-18(17-27(2,3)4)19-10-12-21(13-11-19)25-22(20-8-6-5-7-9-20)16-23-24(30-25)14-15-29-26(23)28/h5-16,18H,17H2,1-4H3. The lowest BCUT2D eigenvalue weighted by atomic mass is 9.82. The summed E-state index contributed by atoms with van der Waals surface area (Å²) in [6.07, 6.45) is 2.86. The number of nitrogens with zero attached hydrogens (tertiary/aromatic N) is 2. The second kappa shape index (κ2) is 8.20. The van der Waals surface area contributed by atoms with Gasteiger partial charge in [-0.1, -0.05) is 93.9 Å². The predicted molar refractivity (Wildman–Crippen MR) is 128 cm³/mol. The molecule has 2 nitrogen and oxygen atoms in total. The smallest absolute Gasteiger partial charge is 0.138 e. The van der Waals surface area contributed by atoms with Gasteiger partial charge >= 0.3 is 0 Å². The zero-order valence-corrected chi connectivity index (χ0v) is 18.7. The van der Waals surface area contributed by atoms with Crippen LogP contribution in [0.4, 0.5) is 0 Å². The van der Waals surface area contributed by atoms with Crippen molar-refractivity contribution in [3.63, 3.8) is 0 Å². The van der Waals surface area contributed by atoms with E-state index in [4.69, 9.17) is 16.6 Å². The minimum atomic E-state index is 0.311. The number of hydrogen-bond donors (Lipinski definition) is 0. The Hall–Kier alpha value is -2.71. The van der Waals surface area contributed by atoms with Crippen LogP contribution in [0.2, 0.25) is 5.15 Å². The highest BCUT2D eigenvalue weighted by Crippen LogP contribution is 2.36. The number of aromatic nitrogens is 2. The van der Waals surface area contributed by atoms with E-state index in [0.29, 0.717) is 16.5 Å². The van der Waals surface area contributed by atoms with Crippen molar-refractivity contribution in [3.8, 4) is 22.4 Å². The SMILES string of the molecule is CC(CC(C)(C)C)c1ccc(-c2nc3ccnc(Cl)c3cc2-c2ccccc2)cc1. The average Bonchev–Trinajstić information content (AvgIpc) is 2.73. The lowest BCUT2D eigenvalue weighted by molar-refractivity contribution is 0.349. The Labute approximate surface area is 184 Å². The molecule has 0 aliphatic heterocycles. The van der Waals surface area contributed by atoms with Gasteiger partial charge in [-0.15, -0.1) is 0 Å². The molecule has 3 heteroatoms. The van der Waals surface area contributed by atoms with Gasteiger partial charge < -0.3 is 0 Å². The molecule has 0 aliphatic rings. The Morgan fingerprint density at radius 1 is 0.900 bits per heavy atom. The van der Waals surface area contributed by atoms with E-state index in [9.17, 15) is 0 Å². The number of benzene rings is 2. The highest BCUT2D eigenvalue weighted by molar-refractivity contribution is 6.34. The number of halogens is 1. The molecule has 0 spiro atoms. The fraction of sp³-hybridized carbons (Fsp3) is 0.259. The van der Waals surface area contributed by atoms with Crippen LogP contribution in [0.5, 0.6) is 0 Å². The molecule has 0 fully saturated rings. The van der Waals surface area contributed by atoms with E-state index in [2.05, 4.69) is 75.1 Å². The second-order valence-electron chi connectivity index (χ2n) is 9.21. The van der Waals surface area contributed by atoms with Gasteiger partial charge in [-0.2, -0.15) is 0 Å². The molecule has 30 heavy (non-hydrogen) atoms. The van der Waals surface area contributed by atoms with Gasteiger partial charge in [0, 0.05) is 22.7 Å². The first-order chi connectivity index (χ1) is 14.3. The quantitative estimate of drug-likeness (QED) is 0.315. The third kappa shape index (κ3) is 4.39. The third-order valence-corrected chi connectivity index (χ3v) is 5.75. The van der Waals surface area contributed by atoms with Crippen molar-refractivity contribution < 1.29 is 0 Å². The molecule has 2 aromatic heterocycles. The Balaban J connectivity index is 1.82. The summed E-state index contributed by atoms with van der Waals surface area (Å²) in [5.41, 5.74) is 6.78. The van der Waals surface area contributed by atoms with Crippen LogP contribution in [-0.2, 0) is 0 Å². The van der Waals surface area contributed by atoms with Crippen LogP contribution in [0.1, 0.15) is 45.6 Å². The van der Waals surface area contributed by atoms with Gasteiger partial charge in [0.2, 0.25) is 0 Å². The molecule has 4 rings (SSSR count). The molecular weight excluding hydrogens is 388 g/mol. The predicted octanol–water partition coefficient (Wildman–Crippen LogP) is 8.16. The van der Waals surface area contributed by atoms with Gasteiger partial charge in [0.1, 0.15) is 5.15 Å². The van der Waals surface area contributed by atoms with E-state index in [0.717, 1.165) is 39.7 Å². The first-order valence-corrected chi connectivity index (χ1v) is 10.8. The summed E-state index contributed by atoms with van der Waals surface area (Å²) in [4.78, 5) is 9.22. The second-order valence-corrected chi connectivity index (χ2v) is 9.56. The van der Waals surface area contributed by atoms with Gasteiger partial charge in [-0.05, 0) is 41.0 Å². The van der Waals surface area contributed by atoms with E-state index >= 15 is 0 Å². The molecule has 0 saturated heterocycles. The number of hydrogen-bond acceptors (Lipinski definition) is 2. The number of pyridine rings is 2. The largest absolute Gasteiger partial charge is 0.247 e. The summed E-state index contributed by atoms with van der Waals surface area (Å²) in [5, 5.41) is 1.35. The molecule has 0 saturated carbocycles. The van der Waals surface area contributed by atoms with E-state index in [-0.39, 0.29) is 0 Å². The molecule has 0 aliphatic carbocycles. The lowest BCUT2D eigenvalue weighted by Crippen LogP contribution is -2.09. The van der Waals surface area contributed by atoms with Crippen LogP contribution in [-0.4, -0.2) is 9.97 Å². The van der Waals surface area contributed by atoms with E-state index in [1.165, 1.54) is 5.56 Å². The first kappa shape index (κ1) is 20.6. The van der Waals surface area contributed by atoms with Crippen LogP contribution < -0.4 is 0 Å². The summed E-state index contributed by atoms with van der Waals surface area (Å²) < 4.78 is 0. The van der Waals surface area contributed by atoms with Gasteiger partial charge in [-0.25, -0.2) is 9.97 Å². The van der Waals surface area contributed by atoms with Crippen LogP contribution in [0, 0.1) is 5.41 Å². The zero-order valence-electron chi connectivity index (χ0n) is 18.0. The van der Waals surface area contributed by atoms with Crippen molar-refractivity contribution in [2.45, 2.75) is 40.0 Å². The fourth-order valence-corrected chi connectivity index (χ4v) is 4.33. The minimum Gasteiger partial charge on any atom is -0.247 e. The van der Waals surface area contributed by atoms with Crippen molar-refractivity contribution in [1.82, 2.24) is 9.97 Å². The molecule has 0 amide bonds. The fourth-order valence-electron chi connectivity index (χ4n) is 4.13. The zero-order chi connectivity index (χ0) is 21.3. The van der Waals surface area contributed by atoms with Crippen molar-refractivity contribution in [3.05, 3.63) is 83.6 Å². The maximum atomic E-state index is 6.37. The molecule has 1 unspecified atom stereocenters. The molecule has 0 radical (unpaired) electrons. The van der Waals surface area contributed by atoms with E-state index < -0.39 is 0 Å². The Bertz CT molecular complexity index is 1160. The third-order valence-electron chi connectivity index (χ3n) is 5.45. The molecule has 1 atom stereocenters. The van der Waals surface area contributed by atoms with Crippen LogP contribution in [0.15, 0.2) is 72.9 Å². The Morgan fingerprint density at radius 3 is 2.27 bits per heavy atom. The summed E-state index contributed by atoms with van der Waals surface area (Å²) >= 11 is 6.37. The highest BCUT2D eigenvalue weighted by atomic mass is 35.5. The number of rotatable bonds is 4. The van der Waals surface area contributed by atoms with Crippen molar-refractivity contribution in [2.24, 2.45) is 5.41 Å². The van der Waals surface area contributed by atoms with E-state index in [1.807, 2.05) is 24.3 Å². The van der Waals surface area contributed by atoms with Crippen LogP contribution in [0.25, 0.3) is 33.3 Å². The van der Waals surface area contributed by atoms with Gasteiger partial charge in [0.25, 0.3) is 0 Å². The van der Waals surface area contributed by atoms with Crippen molar-refractivity contribution in [1.29, 1.82) is 0 Å². The number of fused-ring (bicyclic) bond motifs is 1. The Kier molecular flexibility index (Phi) is 5.62. The summed E-state index contributed by atoms with van der Waals surface area (Å²) in [6.45, 7) is 9.19. The van der Waals surface area contributed by atoms with E-state index in [1.54, 1.807) is 6.20 Å². The van der Waals surface area contributed by atoms with Gasteiger partial charge in [-0.3, -0.25) is 0 Å². The topological polar surface area (TPSA) is 25.8 Å². The molecule has 152 valence electrons. The Morgan fingerprint density at radius 2 is 1.60 bits per heavy atom. The maximum absolute atomic E-state index is 6.37. The summed E-state index contributed by atoms with van der Waals surface area (Å²) in [5.74, 6) is 0.516. The highest BCUT2D eigenvalue weighted by Gasteiger charge is 2.18. The molecular formula is C27H27ClN2. The average molecular weight is 415 g/mol. The maximum Gasteiger partial charge on any atom is 0.138 e. The molecule has 0 N–H and O–H groups in total. The molecule has 2 heterocycles.